The molecule has 0 radical (unpaired) electrons. The normalized spacial score (nSPS) is 20.8. The summed E-state index contributed by atoms with van der Waals surface area (Å²) >= 11 is 0. The van der Waals surface area contributed by atoms with Crippen molar-refractivity contribution in [3.8, 4) is 0 Å². The van der Waals surface area contributed by atoms with Crippen molar-refractivity contribution in [1.29, 1.82) is 0 Å². The van der Waals surface area contributed by atoms with Gasteiger partial charge in [0.15, 0.2) is 0 Å². The lowest BCUT2D eigenvalue weighted by atomic mass is 9.95. The highest BCUT2D eigenvalue weighted by atomic mass is 16.5. The number of rotatable bonds is 10. The molecule has 0 saturated carbocycles. The van der Waals surface area contributed by atoms with Gasteiger partial charge in [0.25, 0.3) is 11.8 Å². The third kappa shape index (κ3) is 7.34. The molecule has 2 fully saturated rings. The molecule has 4 amide bonds. The third-order valence-electron chi connectivity index (χ3n) is 7.94. The number of ketones is 1. The fourth-order valence-corrected chi connectivity index (χ4v) is 5.88. The van der Waals surface area contributed by atoms with Crippen LogP contribution in [0.2, 0.25) is 0 Å². The fourth-order valence-electron chi connectivity index (χ4n) is 5.88. The molecule has 232 valence electrons. The number of fused-ring (bicyclic) bond motifs is 1. The Morgan fingerprint density at radius 3 is 2.45 bits per heavy atom. The standard InChI is InChI=1S/C33H39N5O6/c1-33(2,3)44-23-17-27(38(19-23)32(43)26-15-21-11-7-8-12-24(21)36-26)30(41)37-25(16-22-13-14-34-29(22)40)28(39)31(42)35-18-20-9-5-4-6-10-20/h4-12,15,22-23,25,27,36H,13-14,16-19H2,1-3H3,(H,34,40)(H,35,42)(H,37,41). The van der Waals surface area contributed by atoms with E-state index in [9.17, 15) is 24.0 Å². The number of benzene rings is 2. The second-order valence-corrected chi connectivity index (χ2v) is 12.4. The van der Waals surface area contributed by atoms with Gasteiger partial charge in [-0.3, -0.25) is 24.0 Å². The summed E-state index contributed by atoms with van der Waals surface area (Å²) in [6.45, 7) is 6.47. The van der Waals surface area contributed by atoms with Gasteiger partial charge in [0.1, 0.15) is 11.7 Å². The summed E-state index contributed by atoms with van der Waals surface area (Å²) in [5, 5.41) is 8.97. The van der Waals surface area contributed by atoms with E-state index in [4.69, 9.17) is 4.74 Å². The van der Waals surface area contributed by atoms with Gasteiger partial charge < -0.3 is 30.6 Å². The van der Waals surface area contributed by atoms with Crippen LogP contribution in [0.25, 0.3) is 10.9 Å². The van der Waals surface area contributed by atoms with Gasteiger partial charge in [0.2, 0.25) is 17.6 Å². The Bertz CT molecular complexity index is 1510. The van der Waals surface area contributed by atoms with Gasteiger partial charge in [-0.1, -0.05) is 48.5 Å². The number of likely N-dealkylation sites (tertiary alicyclic amines) is 1. The van der Waals surface area contributed by atoms with Gasteiger partial charge in [0.05, 0.1) is 17.7 Å². The number of nitrogens with zero attached hydrogens (tertiary/aromatic N) is 1. The van der Waals surface area contributed by atoms with E-state index >= 15 is 0 Å². The van der Waals surface area contributed by atoms with Crippen molar-refractivity contribution in [3.63, 3.8) is 0 Å². The minimum absolute atomic E-state index is 0.0280. The maximum Gasteiger partial charge on any atom is 0.289 e. The number of amides is 4. The number of ether oxygens (including phenoxy) is 1. The highest BCUT2D eigenvalue weighted by molar-refractivity contribution is 6.38. The fraction of sp³-hybridized carbons (Fsp3) is 0.424. The summed E-state index contributed by atoms with van der Waals surface area (Å²) in [6.07, 6.45) is 0.239. The summed E-state index contributed by atoms with van der Waals surface area (Å²) in [5.74, 6) is -3.42. The van der Waals surface area contributed by atoms with Crippen molar-refractivity contribution in [1.82, 2.24) is 25.8 Å². The Balaban J connectivity index is 1.36. The molecule has 4 unspecified atom stereocenters. The number of hydrogen-bond donors (Lipinski definition) is 4. The summed E-state index contributed by atoms with van der Waals surface area (Å²) in [5.41, 5.74) is 1.42. The van der Waals surface area contributed by atoms with E-state index in [0.29, 0.717) is 18.7 Å². The molecule has 4 N–H and O–H groups in total. The van der Waals surface area contributed by atoms with E-state index in [-0.39, 0.29) is 37.7 Å². The Morgan fingerprint density at radius 2 is 1.77 bits per heavy atom. The van der Waals surface area contributed by atoms with Crippen molar-refractivity contribution in [2.24, 2.45) is 5.92 Å². The lowest BCUT2D eigenvalue weighted by Gasteiger charge is -2.26. The zero-order chi connectivity index (χ0) is 31.4. The van der Waals surface area contributed by atoms with Crippen LogP contribution in [-0.4, -0.2) is 76.2 Å². The molecule has 11 heteroatoms. The van der Waals surface area contributed by atoms with Gasteiger partial charge in [-0.25, -0.2) is 0 Å². The van der Waals surface area contributed by atoms with E-state index in [1.165, 1.54) is 4.90 Å². The predicted molar refractivity (Wildman–Crippen MR) is 163 cm³/mol. The van der Waals surface area contributed by atoms with Crippen LogP contribution >= 0.6 is 0 Å². The monoisotopic (exact) mass is 601 g/mol. The SMILES string of the molecule is CC(C)(C)OC1CC(C(=O)NC(CC2CCNC2=O)C(=O)C(=O)NCc2ccccc2)N(C(=O)c2cc3ccccc3[nH]2)C1. The van der Waals surface area contributed by atoms with Gasteiger partial charge in [-0.15, -0.1) is 0 Å². The number of nitrogens with one attached hydrogen (secondary N) is 4. The Labute approximate surface area is 256 Å². The topological polar surface area (TPSA) is 150 Å². The zero-order valence-electron chi connectivity index (χ0n) is 25.2. The van der Waals surface area contributed by atoms with E-state index in [0.717, 1.165) is 16.5 Å². The first kappa shape index (κ1) is 30.9. The molecule has 2 saturated heterocycles. The van der Waals surface area contributed by atoms with E-state index in [1.807, 2.05) is 75.4 Å². The van der Waals surface area contributed by atoms with Crippen LogP contribution in [0.1, 0.15) is 56.1 Å². The largest absolute Gasteiger partial charge is 0.371 e. The number of Topliss-reactive ketones (excluding diaryl/α,β-unsaturated/α-hetero) is 1. The lowest BCUT2D eigenvalue weighted by molar-refractivity contribution is -0.141. The molecule has 0 aliphatic carbocycles. The van der Waals surface area contributed by atoms with Crippen LogP contribution < -0.4 is 16.0 Å². The predicted octanol–water partition coefficient (Wildman–Crippen LogP) is 2.46. The average molecular weight is 602 g/mol. The molecular formula is C33H39N5O6. The minimum Gasteiger partial charge on any atom is -0.371 e. The van der Waals surface area contributed by atoms with Gasteiger partial charge in [0, 0.05) is 42.9 Å². The Kier molecular flexibility index (Phi) is 9.14. The van der Waals surface area contributed by atoms with Crippen molar-refractivity contribution in [2.75, 3.05) is 13.1 Å². The highest BCUT2D eigenvalue weighted by Gasteiger charge is 2.44. The van der Waals surface area contributed by atoms with Gasteiger partial charge >= 0.3 is 0 Å². The molecule has 2 aromatic carbocycles. The molecule has 2 aliphatic heterocycles. The Morgan fingerprint density at radius 1 is 1.05 bits per heavy atom. The number of carbonyl (C=O) groups excluding carboxylic acids is 5. The molecule has 1 aromatic heterocycles. The molecule has 3 heterocycles. The molecule has 3 aromatic rings. The molecule has 5 rings (SSSR count). The maximum atomic E-state index is 13.9. The molecule has 11 nitrogen and oxygen atoms in total. The first-order chi connectivity index (χ1) is 21.0. The molecule has 4 atom stereocenters. The van der Waals surface area contributed by atoms with Crippen LogP contribution in [-0.2, 0) is 30.5 Å². The van der Waals surface area contributed by atoms with Gasteiger partial charge in [-0.2, -0.15) is 0 Å². The van der Waals surface area contributed by atoms with Crippen LogP contribution in [0.3, 0.4) is 0 Å². The number of para-hydroxylation sites is 1. The maximum absolute atomic E-state index is 13.9. The van der Waals surface area contributed by atoms with Crippen molar-refractivity contribution in [2.45, 2.75) is 70.4 Å². The van der Waals surface area contributed by atoms with E-state index in [2.05, 4.69) is 20.9 Å². The van der Waals surface area contributed by atoms with Crippen molar-refractivity contribution < 1.29 is 28.7 Å². The second-order valence-electron chi connectivity index (χ2n) is 12.4. The van der Waals surface area contributed by atoms with Crippen LogP contribution in [0, 0.1) is 5.92 Å². The smallest absolute Gasteiger partial charge is 0.289 e. The van der Waals surface area contributed by atoms with Crippen LogP contribution in [0.5, 0.6) is 0 Å². The summed E-state index contributed by atoms with van der Waals surface area (Å²) in [7, 11) is 0. The second kappa shape index (κ2) is 13.0. The number of hydrogen-bond acceptors (Lipinski definition) is 6. The zero-order valence-corrected chi connectivity index (χ0v) is 25.2. The first-order valence-electron chi connectivity index (χ1n) is 15.0. The highest BCUT2D eigenvalue weighted by Crippen LogP contribution is 2.28. The van der Waals surface area contributed by atoms with E-state index in [1.54, 1.807) is 6.07 Å². The minimum atomic E-state index is -1.25. The average Bonchev–Trinajstić information content (AvgIpc) is 3.73. The molecule has 0 spiro atoms. The molecule has 2 aliphatic rings. The Hall–Kier alpha value is -4.51. The summed E-state index contributed by atoms with van der Waals surface area (Å²) in [6, 6.07) is 16.2. The van der Waals surface area contributed by atoms with Crippen LogP contribution in [0.15, 0.2) is 60.7 Å². The number of H-pyrrole nitrogens is 1. The number of aromatic nitrogens is 1. The number of aromatic amines is 1. The molecule has 0 bridgehead atoms. The quantitative estimate of drug-likeness (QED) is 0.262. The third-order valence-corrected chi connectivity index (χ3v) is 7.94. The van der Waals surface area contributed by atoms with E-state index < -0.39 is 47.3 Å². The van der Waals surface area contributed by atoms with Gasteiger partial charge in [-0.05, 0) is 51.3 Å². The van der Waals surface area contributed by atoms with Crippen molar-refractivity contribution >= 4 is 40.3 Å². The molecular weight excluding hydrogens is 562 g/mol. The number of carbonyl (C=O) groups is 5. The first-order valence-corrected chi connectivity index (χ1v) is 15.0. The molecule has 44 heavy (non-hydrogen) atoms. The van der Waals surface area contributed by atoms with Crippen molar-refractivity contribution in [3.05, 3.63) is 71.9 Å². The summed E-state index contributed by atoms with van der Waals surface area (Å²) < 4.78 is 6.17. The van der Waals surface area contributed by atoms with Crippen LogP contribution in [0.4, 0.5) is 0 Å². The summed E-state index contributed by atoms with van der Waals surface area (Å²) in [4.78, 5) is 71.1. The lowest BCUT2D eigenvalue weighted by Crippen LogP contribution is -2.54.